The molecule has 0 amide bonds. The van der Waals surface area contributed by atoms with Crippen molar-refractivity contribution < 1.29 is 13.9 Å². The van der Waals surface area contributed by atoms with E-state index in [-0.39, 0.29) is 5.76 Å². The van der Waals surface area contributed by atoms with Crippen LogP contribution >= 0.6 is 0 Å². The highest BCUT2D eigenvalue weighted by atomic mass is 16.5. The minimum Gasteiger partial charge on any atom is -0.460 e. The molecule has 2 rings (SSSR count). The Hall–Kier alpha value is -2.11. The van der Waals surface area contributed by atoms with Crippen molar-refractivity contribution >= 4 is 5.97 Å². The Morgan fingerprint density at radius 3 is 2.75 bits per heavy atom. The van der Waals surface area contributed by atoms with Crippen LogP contribution in [0.3, 0.4) is 0 Å². The maximum absolute atomic E-state index is 11.9. The molecule has 0 aromatic carbocycles. The van der Waals surface area contributed by atoms with Crippen LogP contribution in [-0.2, 0) is 17.7 Å². The fraction of sp³-hybridized carbons (Fsp3) is 0.500. The Labute approximate surface area is 117 Å². The highest BCUT2D eigenvalue weighted by molar-refractivity contribution is 5.88. The molecule has 0 radical (unpaired) electrons. The average Bonchev–Trinajstić information content (AvgIpc) is 3.01. The van der Waals surface area contributed by atoms with Crippen LogP contribution < -0.4 is 0 Å². The molecule has 0 aliphatic rings. The lowest BCUT2D eigenvalue weighted by molar-refractivity contribution is 0.0489. The Morgan fingerprint density at radius 2 is 2.15 bits per heavy atom. The third-order valence-corrected chi connectivity index (χ3v) is 2.91. The maximum Gasteiger partial charge on any atom is 0.376 e. The molecule has 20 heavy (non-hydrogen) atoms. The topological polar surface area (TPSA) is 70.2 Å². The molecule has 6 nitrogen and oxygen atoms in total. The number of rotatable bonds is 5. The standard InChI is InChI=1S/C14H19N3O3/c1-5-10-12(14(18)19-7-3)20-13(15-10)11-8-9(4)16-17(11)6-2/h8H,5-7H2,1-4H3. The molecule has 0 atom stereocenters. The minimum absolute atomic E-state index is 0.186. The highest BCUT2D eigenvalue weighted by Crippen LogP contribution is 2.24. The van der Waals surface area contributed by atoms with Crippen LogP contribution in [0.1, 0.15) is 42.7 Å². The number of esters is 1. The lowest BCUT2D eigenvalue weighted by Crippen LogP contribution is -2.05. The van der Waals surface area contributed by atoms with Gasteiger partial charge in [-0.2, -0.15) is 5.10 Å². The van der Waals surface area contributed by atoms with Crippen molar-refractivity contribution in [2.45, 2.75) is 40.7 Å². The smallest absolute Gasteiger partial charge is 0.376 e. The van der Waals surface area contributed by atoms with Gasteiger partial charge in [-0.05, 0) is 33.3 Å². The zero-order chi connectivity index (χ0) is 14.7. The summed E-state index contributed by atoms with van der Waals surface area (Å²) in [5.41, 5.74) is 2.27. The van der Waals surface area contributed by atoms with E-state index in [1.807, 2.05) is 26.8 Å². The fourth-order valence-corrected chi connectivity index (χ4v) is 2.02. The number of carbonyl (C=O) groups excluding carboxylic acids is 1. The minimum atomic E-state index is -0.470. The second kappa shape index (κ2) is 5.90. The molecule has 2 aromatic rings. The zero-order valence-electron chi connectivity index (χ0n) is 12.3. The summed E-state index contributed by atoms with van der Waals surface area (Å²) in [6.07, 6.45) is 0.608. The molecule has 0 bridgehead atoms. The first kappa shape index (κ1) is 14.3. The number of oxazole rings is 1. The second-order valence-corrected chi connectivity index (χ2v) is 4.36. The molecule has 0 unspecified atom stereocenters. The molecule has 0 aliphatic heterocycles. The predicted octanol–water partition coefficient (Wildman–Crippen LogP) is 2.61. The largest absolute Gasteiger partial charge is 0.460 e. The first-order valence-corrected chi connectivity index (χ1v) is 6.82. The zero-order valence-corrected chi connectivity index (χ0v) is 12.3. The SMILES string of the molecule is CCOC(=O)c1oc(-c2cc(C)nn2CC)nc1CC. The number of aryl methyl sites for hydroxylation is 3. The molecule has 0 spiro atoms. The first-order valence-electron chi connectivity index (χ1n) is 6.82. The van der Waals surface area contributed by atoms with Crippen molar-refractivity contribution in [3.63, 3.8) is 0 Å². The quantitative estimate of drug-likeness (QED) is 0.786. The van der Waals surface area contributed by atoms with Gasteiger partial charge in [0.05, 0.1) is 18.0 Å². The average molecular weight is 277 g/mol. The van der Waals surface area contributed by atoms with Crippen LogP contribution in [0, 0.1) is 6.92 Å². The number of aromatic nitrogens is 3. The van der Waals surface area contributed by atoms with Crippen molar-refractivity contribution in [2.24, 2.45) is 0 Å². The van der Waals surface area contributed by atoms with Crippen molar-refractivity contribution in [2.75, 3.05) is 6.61 Å². The molecule has 2 heterocycles. The van der Waals surface area contributed by atoms with Crippen LogP contribution in [-0.4, -0.2) is 27.3 Å². The van der Waals surface area contributed by atoms with Crippen molar-refractivity contribution in [3.8, 4) is 11.6 Å². The Balaban J connectivity index is 2.45. The van der Waals surface area contributed by atoms with Crippen molar-refractivity contribution in [1.29, 1.82) is 0 Å². The van der Waals surface area contributed by atoms with E-state index in [1.54, 1.807) is 11.6 Å². The Morgan fingerprint density at radius 1 is 1.40 bits per heavy atom. The van der Waals surface area contributed by atoms with Gasteiger partial charge in [-0.15, -0.1) is 0 Å². The lowest BCUT2D eigenvalue weighted by atomic mass is 10.3. The summed E-state index contributed by atoms with van der Waals surface area (Å²) < 4.78 is 12.4. The third-order valence-electron chi connectivity index (χ3n) is 2.91. The molecule has 0 N–H and O–H groups in total. The normalized spacial score (nSPS) is 10.8. The highest BCUT2D eigenvalue weighted by Gasteiger charge is 2.22. The summed E-state index contributed by atoms with van der Waals surface area (Å²) in [6, 6.07) is 1.89. The molecule has 2 aromatic heterocycles. The number of hydrogen-bond donors (Lipinski definition) is 0. The summed E-state index contributed by atoms with van der Waals surface area (Å²) in [5.74, 6) is 0.126. The summed E-state index contributed by atoms with van der Waals surface area (Å²) in [7, 11) is 0. The molecule has 108 valence electrons. The predicted molar refractivity (Wildman–Crippen MR) is 73.5 cm³/mol. The van der Waals surface area contributed by atoms with Crippen LogP contribution in [0.5, 0.6) is 0 Å². The monoisotopic (exact) mass is 277 g/mol. The lowest BCUT2D eigenvalue weighted by Gasteiger charge is -2.00. The van der Waals surface area contributed by atoms with Crippen molar-refractivity contribution in [3.05, 3.63) is 23.2 Å². The molecule has 0 saturated heterocycles. The summed E-state index contributed by atoms with van der Waals surface area (Å²) in [4.78, 5) is 16.2. The van der Waals surface area contributed by atoms with Gasteiger partial charge in [0.25, 0.3) is 0 Å². The summed E-state index contributed by atoms with van der Waals surface area (Å²) >= 11 is 0. The summed E-state index contributed by atoms with van der Waals surface area (Å²) in [6.45, 7) is 8.60. The number of carbonyl (C=O) groups is 1. The van der Waals surface area contributed by atoms with Gasteiger partial charge in [-0.3, -0.25) is 4.68 Å². The maximum atomic E-state index is 11.9. The van der Waals surface area contributed by atoms with Crippen LogP contribution in [0.4, 0.5) is 0 Å². The number of hydrogen-bond acceptors (Lipinski definition) is 5. The van der Waals surface area contributed by atoms with Gasteiger partial charge >= 0.3 is 5.97 Å². The van der Waals surface area contributed by atoms with Crippen LogP contribution in [0.2, 0.25) is 0 Å². The molecular weight excluding hydrogens is 258 g/mol. The number of nitrogens with zero attached hydrogens (tertiary/aromatic N) is 3. The van der Waals surface area contributed by atoms with E-state index in [2.05, 4.69) is 10.1 Å². The number of ether oxygens (including phenoxy) is 1. The Kier molecular flexibility index (Phi) is 4.22. The van der Waals surface area contributed by atoms with E-state index >= 15 is 0 Å². The molecule has 0 fully saturated rings. The molecular formula is C14H19N3O3. The van der Waals surface area contributed by atoms with E-state index in [9.17, 15) is 4.79 Å². The molecule has 6 heteroatoms. The first-order chi connectivity index (χ1) is 9.60. The van der Waals surface area contributed by atoms with Crippen LogP contribution in [0.15, 0.2) is 10.5 Å². The van der Waals surface area contributed by atoms with E-state index in [4.69, 9.17) is 9.15 Å². The van der Waals surface area contributed by atoms with E-state index in [0.29, 0.717) is 31.2 Å². The van der Waals surface area contributed by atoms with Gasteiger partial charge in [0.1, 0.15) is 5.69 Å². The fourth-order valence-electron chi connectivity index (χ4n) is 2.02. The van der Waals surface area contributed by atoms with Gasteiger partial charge in [0, 0.05) is 6.54 Å². The van der Waals surface area contributed by atoms with Crippen molar-refractivity contribution in [1.82, 2.24) is 14.8 Å². The summed E-state index contributed by atoms with van der Waals surface area (Å²) in [5, 5.41) is 4.35. The van der Waals surface area contributed by atoms with E-state index in [1.165, 1.54) is 0 Å². The van der Waals surface area contributed by atoms with E-state index in [0.717, 1.165) is 11.4 Å². The van der Waals surface area contributed by atoms with Gasteiger partial charge in [0.2, 0.25) is 11.7 Å². The molecule has 0 aliphatic carbocycles. The third kappa shape index (κ3) is 2.59. The van der Waals surface area contributed by atoms with Gasteiger partial charge in [-0.1, -0.05) is 6.92 Å². The second-order valence-electron chi connectivity index (χ2n) is 4.36. The van der Waals surface area contributed by atoms with Gasteiger partial charge < -0.3 is 9.15 Å². The van der Waals surface area contributed by atoms with Gasteiger partial charge in [0.15, 0.2) is 0 Å². The molecule has 0 saturated carbocycles. The Bertz CT molecular complexity index is 613. The van der Waals surface area contributed by atoms with Crippen LogP contribution in [0.25, 0.3) is 11.6 Å². The van der Waals surface area contributed by atoms with E-state index < -0.39 is 5.97 Å². The van der Waals surface area contributed by atoms with Gasteiger partial charge in [-0.25, -0.2) is 9.78 Å².